The van der Waals surface area contributed by atoms with E-state index in [0.29, 0.717) is 6.10 Å². The quantitative estimate of drug-likeness (QED) is 0.617. The molecule has 0 aromatic rings. The Hall–Kier alpha value is -0.0800. The van der Waals surface area contributed by atoms with E-state index in [2.05, 4.69) is 0 Å². The number of ether oxygens (including phenoxy) is 1. The van der Waals surface area contributed by atoms with Gasteiger partial charge in [-0.25, -0.2) is 0 Å². The monoisotopic (exact) mass is 156 g/mol. The summed E-state index contributed by atoms with van der Waals surface area (Å²) in [4.78, 5) is 0. The van der Waals surface area contributed by atoms with Gasteiger partial charge in [-0.3, -0.25) is 0 Å². The van der Waals surface area contributed by atoms with Crippen molar-refractivity contribution in [3.05, 3.63) is 0 Å². The van der Waals surface area contributed by atoms with E-state index in [1.54, 1.807) is 7.11 Å². The van der Waals surface area contributed by atoms with Crippen LogP contribution in [0, 0.1) is 11.8 Å². The van der Waals surface area contributed by atoms with E-state index in [0.717, 1.165) is 24.7 Å². The van der Waals surface area contributed by atoms with Crippen LogP contribution in [-0.2, 0) is 4.74 Å². The number of methoxy groups -OCH3 is 1. The maximum Gasteiger partial charge on any atom is 0.0576 e. The molecule has 2 rings (SSSR count). The Kier molecular flexibility index (Phi) is 1.90. The van der Waals surface area contributed by atoms with Crippen LogP contribution in [-0.4, -0.2) is 24.4 Å². The van der Waals surface area contributed by atoms with E-state index in [1.807, 2.05) is 0 Å². The second kappa shape index (κ2) is 2.76. The lowest BCUT2D eigenvalue weighted by Crippen LogP contribution is -2.09. The van der Waals surface area contributed by atoms with Crippen molar-refractivity contribution in [1.82, 2.24) is 0 Å². The Morgan fingerprint density at radius 1 is 1.09 bits per heavy atom. The van der Waals surface area contributed by atoms with Gasteiger partial charge in [0.25, 0.3) is 0 Å². The number of aliphatic hydroxyl groups is 1. The van der Waals surface area contributed by atoms with Crippen LogP contribution in [0.4, 0.5) is 0 Å². The molecule has 0 aliphatic heterocycles. The minimum Gasteiger partial charge on any atom is -0.393 e. The van der Waals surface area contributed by atoms with E-state index in [-0.39, 0.29) is 6.10 Å². The van der Waals surface area contributed by atoms with Crippen molar-refractivity contribution >= 4 is 0 Å². The van der Waals surface area contributed by atoms with Gasteiger partial charge in [0.15, 0.2) is 0 Å². The Bertz CT molecular complexity index is 132. The first-order valence-electron chi connectivity index (χ1n) is 4.50. The molecule has 0 aromatic carbocycles. The number of aliphatic hydroxyl groups excluding tert-OH is 1. The lowest BCUT2D eigenvalue weighted by atomic mass is 10.0. The fourth-order valence-electron chi connectivity index (χ4n) is 2.72. The van der Waals surface area contributed by atoms with Crippen LogP contribution in [0.15, 0.2) is 0 Å². The second-order valence-corrected chi connectivity index (χ2v) is 3.97. The summed E-state index contributed by atoms with van der Waals surface area (Å²) in [5, 5.41) is 9.35. The van der Waals surface area contributed by atoms with Crippen LogP contribution in [0.1, 0.15) is 25.7 Å². The number of hydrogen-bond acceptors (Lipinski definition) is 2. The lowest BCUT2D eigenvalue weighted by molar-refractivity contribution is 0.0913. The predicted molar refractivity (Wildman–Crippen MR) is 42.3 cm³/mol. The minimum atomic E-state index is -0.0113. The SMILES string of the molecule is COC1CC2CC(O)C[C@@H]2C1. The Balaban J connectivity index is 1.93. The second-order valence-electron chi connectivity index (χ2n) is 3.97. The number of rotatable bonds is 1. The average Bonchev–Trinajstić information content (AvgIpc) is 2.43. The van der Waals surface area contributed by atoms with Crippen LogP contribution in [0.5, 0.6) is 0 Å². The van der Waals surface area contributed by atoms with Crippen molar-refractivity contribution in [2.24, 2.45) is 11.8 Å². The van der Waals surface area contributed by atoms with Crippen LogP contribution in [0.3, 0.4) is 0 Å². The average molecular weight is 156 g/mol. The summed E-state index contributed by atoms with van der Waals surface area (Å²) in [6, 6.07) is 0. The first-order valence-corrected chi connectivity index (χ1v) is 4.50. The third kappa shape index (κ3) is 1.30. The van der Waals surface area contributed by atoms with Gasteiger partial charge < -0.3 is 9.84 Å². The molecule has 2 aliphatic carbocycles. The number of fused-ring (bicyclic) bond motifs is 1. The topological polar surface area (TPSA) is 29.5 Å². The van der Waals surface area contributed by atoms with Gasteiger partial charge in [-0.1, -0.05) is 0 Å². The molecule has 0 radical (unpaired) electrons. The van der Waals surface area contributed by atoms with Crippen molar-refractivity contribution in [3.8, 4) is 0 Å². The maximum atomic E-state index is 9.35. The summed E-state index contributed by atoms with van der Waals surface area (Å²) >= 11 is 0. The fourth-order valence-corrected chi connectivity index (χ4v) is 2.72. The highest BCUT2D eigenvalue weighted by molar-refractivity contribution is 4.91. The standard InChI is InChI=1S/C9H16O2/c1-11-9-4-6-2-8(10)3-7(6)5-9/h6-10H,2-5H2,1H3/t6-,7?,8?,9?/m1/s1. The molecule has 3 unspecified atom stereocenters. The van der Waals surface area contributed by atoms with Crippen molar-refractivity contribution < 1.29 is 9.84 Å². The molecule has 0 saturated heterocycles. The molecule has 2 fully saturated rings. The molecule has 64 valence electrons. The van der Waals surface area contributed by atoms with Gasteiger partial charge in [0.1, 0.15) is 0 Å². The van der Waals surface area contributed by atoms with Crippen molar-refractivity contribution in [1.29, 1.82) is 0 Å². The van der Waals surface area contributed by atoms with E-state index in [4.69, 9.17) is 4.74 Å². The first-order chi connectivity index (χ1) is 5.29. The smallest absolute Gasteiger partial charge is 0.0576 e. The van der Waals surface area contributed by atoms with E-state index in [9.17, 15) is 5.11 Å². The van der Waals surface area contributed by atoms with E-state index >= 15 is 0 Å². The van der Waals surface area contributed by atoms with E-state index in [1.165, 1.54) is 12.8 Å². The number of hydrogen-bond donors (Lipinski definition) is 1. The molecule has 2 saturated carbocycles. The van der Waals surface area contributed by atoms with Gasteiger partial charge in [-0.15, -0.1) is 0 Å². The molecular formula is C9H16O2. The molecule has 0 aromatic heterocycles. The van der Waals surface area contributed by atoms with Crippen LogP contribution < -0.4 is 0 Å². The van der Waals surface area contributed by atoms with Gasteiger partial charge in [0, 0.05) is 7.11 Å². The normalized spacial score (nSPS) is 49.6. The van der Waals surface area contributed by atoms with Crippen LogP contribution >= 0.6 is 0 Å². The molecule has 0 bridgehead atoms. The van der Waals surface area contributed by atoms with Crippen molar-refractivity contribution in [3.63, 3.8) is 0 Å². The van der Waals surface area contributed by atoms with Gasteiger partial charge in [-0.2, -0.15) is 0 Å². The summed E-state index contributed by atoms with van der Waals surface area (Å²) in [7, 11) is 1.79. The molecule has 11 heavy (non-hydrogen) atoms. The van der Waals surface area contributed by atoms with Crippen LogP contribution in [0.25, 0.3) is 0 Å². The molecule has 2 nitrogen and oxygen atoms in total. The molecule has 2 aliphatic rings. The molecule has 1 N–H and O–H groups in total. The van der Waals surface area contributed by atoms with Crippen molar-refractivity contribution in [2.75, 3.05) is 7.11 Å². The molecule has 0 spiro atoms. The Morgan fingerprint density at radius 2 is 1.64 bits per heavy atom. The van der Waals surface area contributed by atoms with Crippen LogP contribution in [0.2, 0.25) is 0 Å². The minimum absolute atomic E-state index is 0.0113. The predicted octanol–water partition coefficient (Wildman–Crippen LogP) is 1.18. The summed E-state index contributed by atoms with van der Waals surface area (Å²) in [6.07, 6.45) is 4.87. The zero-order valence-electron chi connectivity index (χ0n) is 6.99. The summed E-state index contributed by atoms with van der Waals surface area (Å²) in [5.41, 5.74) is 0. The van der Waals surface area contributed by atoms with Gasteiger partial charge in [-0.05, 0) is 37.5 Å². The molecule has 4 atom stereocenters. The highest BCUT2D eigenvalue weighted by atomic mass is 16.5. The van der Waals surface area contributed by atoms with Crippen molar-refractivity contribution in [2.45, 2.75) is 37.9 Å². The lowest BCUT2D eigenvalue weighted by Gasteiger charge is -2.09. The summed E-state index contributed by atoms with van der Waals surface area (Å²) in [6.45, 7) is 0. The largest absolute Gasteiger partial charge is 0.393 e. The third-order valence-corrected chi connectivity index (χ3v) is 3.28. The third-order valence-electron chi connectivity index (χ3n) is 3.28. The molecule has 0 heterocycles. The summed E-state index contributed by atoms with van der Waals surface area (Å²) < 4.78 is 5.30. The highest BCUT2D eigenvalue weighted by Gasteiger charge is 2.40. The fraction of sp³-hybridized carbons (Fsp3) is 1.00. The Labute approximate surface area is 67.6 Å². The van der Waals surface area contributed by atoms with Gasteiger partial charge in [0.2, 0.25) is 0 Å². The zero-order valence-corrected chi connectivity index (χ0v) is 6.99. The first kappa shape index (κ1) is 7.56. The zero-order chi connectivity index (χ0) is 7.84. The Morgan fingerprint density at radius 3 is 2.09 bits per heavy atom. The van der Waals surface area contributed by atoms with Gasteiger partial charge >= 0.3 is 0 Å². The highest BCUT2D eigenvalue weighted by Crippen LogP contribution is 2.44. The maximum absolute atomic E-state index is 9.35. The van der Waals surface area contributed by atoms with Gasteiger partial charge in [0.05, 0.1) is 12.2 Å². The van der Waals surface area contributed by atoms with E-state index < -0.39 is 0 Å². The summed E-state index contributed by atoms with van der Waals surface area (Å²) in [5.74, 6) is 1.52. The molecule has 2 heteroatoms. The molecular weight excluding hydrogens is 140 g/mol. The molecule has 0 amide bonds.